The molecule has 3 N–H and O–H groups in total. The largest absolute Gasteiger partial charge is 0.479 e. The molecule has 1 atom stereocenters. The van der Waals surface area contributed by atoms with Crippen LogP contribution in [0.15, 0.2) is 18.2 Å². The van der Waals surface area contributed by atoms with Crippen LogP contribution >= 0.6 is 0 Å². The standard InChI is InChI=1S/C14H21NO3/c1-3-4-13(14(16)17)18-12-6-5-10(2)9-11(12)7-8-15/h5-6,9,13H,3-4,7-8,15H2,1-2H3,(H,16,17). The number of hydrogen-bond donors (Lipinski definition) is 2. The summed E-state index contributed by atoms with van der Waals surface area (Å²) in [7, 11) is 0. The molecule has 1 unspecified atom stereocenters. The van der Waals surface area contributed by atoms with E-state index < -0.39 is 12.1 Å². The molecule has 0 heterocycles. The predicted molar refractivity (Wildman–Crippen MR) is 70.9 cm³/mol. The van der Waals surface area contributed by atoms with Crippen LogP contribution < -0.4 is 10.5 Å². The van der Waals surface area contributed by atoms with E-state index >= 15 is 0 Å². The number of carboxylic acids is 1. The molecular formula is C14H21NO3. The van der Waals surface area contributed by atoms with Gasteiger partial charge in [-0.1, -0.05) is 31.0 Å². The maximum absolute atomic E-state index is 11.1. The molecule has 18 heavy (non-hydrogen) atoms. The molecular weight excluding hydrogens is 230 g/mol. The van der Waals surface area contributed by atoms with Gasteiger partial charge in [0.05, 0.1) is 0 Å². The lowest BCUT2D eigenvalue weighted by atomic mass is 10.1. The van der Waals surface area contributed by atoms with E-state index in [9.17, 15) is 4.79 Å². The highest BCUT2D eigenvalue weighted by Crippen LogP contribution is 2.22. The summed E-state index contributed by atoms with van der Waals surface area (Å²) < 4.78 is 5.60. The number of aliphatic carboxylic acids is 1. The molecule has 4 nitrogen and oxygen atoms in total. The Bertz CT molecular complexity index is 404. The molecule has 0 amide bonds. The maximum atomic E-state index is 11.1. The van der Waals surface area contributed by atoms with Crippen molar-refractivity contribution in [3.63, 3.8) is 0 Å². The Morgan fingerprint density at radius 2 is 2.22 bits per heavy atom. The van der Waals surface area contributed by atoms with Crippen molar-refractivity contribution in [3.05, 3.63) is 29.3 Å². The first-order chi connectivity index (χ1) is 8.58. The second-order valence-electron chi connectivity index (χ2n) is 4.38. The van der Waals surface area contributed by atoms with E-state index in [1.807, 2.05) is 32.0 Å². The zero-order chi connectivity index (χ0) is 13.5. The molecule has 0 saturated heterocycles. The van der Waals surface area contributed by atoms with Gasteiger partial charge in [-0.3, -0.25) is 0 Å². The minimum atomic E-state index is -0.920. The van der Waals surface area contributed by atoms with Crippen molar-refractivity contribution in [1.82, 2.24) is 0 Å². The molecule has 1 rings (SSSR count). The average Bonchev–Trinajstić information content (AvgIpc) is 2.31. The number of rotatable bonds is 7. The molecule has 1 aromatic carbocycles. The molecule has 0 radical (unpaired) electrons. The Balaban J connectivity index is 2.90. The Kier molecular flexibility index (Phi) is 5.65. The summed E-state index contributed by atoms with van der Waals surface area (Å²) in [4.78, 5) is 11.1. The second kappa shape index (κ2) is 7.01. The van der Waals surface area contributed by atoms with Crippen LogP contribution in [0, 0.1) is 6.92 Å². The summed E-state index contributed by atoms with van der Waals surface area (Å²) in [5.74, 6) is -0.289. The van der Waals surface area contributed by atoms with Crippen molar-refractivity contribution < 1.29 is 14.6 Å². The third-order valence-corrected chi connectivity index (χ3v) is 2.73. The van der Waals surface area contributed by atoms with Gasteiger partial charge in [-0.05, 0) is 37.9 Å². The monoisotopic (exact) mass is 251 g/mol. The molecule has 4 heteroatoms. The first-order valence-electron chi connectivity index (χ1n) is 6.27. The summed E-state index contributed by atoms with van der Waals surface area (Å²) in [5, 5.41) is 9.09. The van der Waals surface area contributed by atoms with Crippen LogP contribution in [0.4, 0.5) is 0 Å². The number of carboxylic acid groups (broad SMARTS) is 1. The van der Waals surface area contributed by atoms with Gasteiger partial charge in [0, 0.05) is 0 Å². The first kappa shape index (κ1) is 14.5. The highest BCUT2D eigenvalue weighted by atomic mass is 16.5. The summed E-state index contributed by atoms with van der Waals surface area (Å²) >= 11 is 0. The average molecular weight is 251 g/mol. The van der Waals surface area contributed by atoms with E-state index in [1.165, 1.54) is 0 Å². The number of ether oxygens (including phenoxy) is 1. The van der Waals surface area contributed by atoms with Crippen LogP contribution in [0.25, 0.3) is 0 Å². The summed E-state index contributed by atoms with van der Waals surface area (Å²) in [6.07, 6.45) is 1.18. The topological polar surface area (TPSA) is 72.5 Å². The molecule has 0 saturated carbocycles. The number of benzene rings is 1. The van der Waals surface area contributed by atoms with E-state index in [-0.39, 0.29) is 0 Å². The molecule has 0 aliphatic rings. The minimum Gasteiger partial charge on any atom is -0.479 e. The van der Waals surface area contributed by atoms with Gasteiger partial charge >= 0.3 is 5.97 Å². The van der Waals surface area contributed by atoms with Crippen molar-refractivity contribution in [2.75, 3.05) is 6.54 Å². The molecule has 0 spiro atoms. The quantitative estimate of drug-likeness (QED) is 0.778. The summed E-state index contributed by atoms with van der Waals surface area (Å²) in [5.41, 5.74) is 7.65. The maximum Gasteiger partial charge on any atom is 0.344 e. The fraction of sp³-hybridized carbons (Fsp3) is 0.500. The number of carbonyl (C=O) groups is 1. The lowest BCUT2D eigenvalue weighted by Gasteiger charge is -2.17. The summed E-state index contributed by atoms with van der Waals surface area (Å²) in [6.45, 7) is 4.45. The first-order valence-corrected chi connectivity index (χ1v) is 6.27. The lowest BCUT2D eigenvalue weighted by molar-refractivity contribution is -0.145. The van der Waals surface area contributed by atoms with E-state index in [0.717, 1.165) is 17.5 Å². The van der Waals surface area contributed by atoms with Gasteiger partial charge in [0.2, 0.25) is 0 Å². The molecule has 0 aliphatic heterocycles. The molecule has 0 bridgehead atoms. The second-order valence-corrected chi connectivity index (χ2v) is 4.38. The van der Waals surface area contributed by atoms with Crippen LogP contribution in [0.1, 0.15) is 30.9 Å². The van der Waals surface area contributed by atoms with Crippen LogP contribution in [0.3, 0.4) is 0 Å². The Hall–Kier alpha value is -1.55. The predicted octanol–water partition coefficient (Wildman–Crippen LogP) is 2.13. The fourth-order valence-corrected chi connectivity index (χ4v) is 1.82. The van der Waals surface area contributed by atoms with E-state index in [0.29, 0.717) is 25.1 Å². The van der Waals surface area contributed by atoms with Gasteiger partial charge in [-0.2, -0.15) is 0 Å². The Morgan fingerprint density at radius 3 is 2.78 bits per heavy atom. The van der Waals surface area contributed by atoms with Crippen molar-refractivity contribution in [2.24, 2.45) is 5.73 Å². The normalized spacial score (nSPS) is 12.2. The SMILES string of the molecule is CCCC(Oc1ccc(C)cc1CCN)C(=O)O. The van der Waals surface area contributed by atoms with Crippen LogP contribution in [-0.2, 0) is 11.2 Å². The lowest BCUT2D eigenvalue weighted by Crippen LogP contribution is -2.27. The zero-order valence-corrected chi connectivity index (χ0v) is 11.0. The minimum absolute atomic E-state index is 0.505. The van der Waals surface area contributed by atoms with Crippen molar-refractivity contribution in [2.45, 2.75) is 39.2 Å². The summed E-state index contributed by atoms with van der Waals surface area (Å²) in [6, 6.07) is 5.74. The van der Waals surface area contributed by atoms with E-state index in [2.05, 4.69) is 0 Å². The highest BCUT2D eigenvalue weighted by molar-refractivity contribution is 5.72. The van der Waals surface area contributed by atoms with Gasteiger partial charge in [0.15, 0.2) is 6.10 Å². The van der Waals surface area contributed by atoms with Crippen molar-refractivity contribution in [3.8, 4) is 5.75 Å². The number of nitrogens with two attached hydrogens (primary N) is 1. The third-order valence-electron chi connectivity index (χ3n) is 2.73. The Labute approximate surface area is 108 Å². The fourth-order valence-electron chi connectivity index (χ4n) is 1.82. The smallest absolute Gasteiger partial charge is 0.344 e. The van der Waals surface area contributed by atoms with Gasteiger partial charge in [0.1, 0.15) is 5.75 Å². The molecule has 1 aromatic rings. The third kappa shape index (κ3) is 4.04. The highest BCUT2D eigenvalue weighted by Gasteiger charge is 2.19. The van der Waals surface area contributed by atoms with Gasteiger partial charge in [-0.25, -0.2) is 4.79 Å². The molecule has 0 aliphatic carbocycles. The van der Waals surface area contributed by atoms with Crippen LogP contribution in [-0.4, -0.2) is 23.7 Å². The number of aryl methyl sites for hydroxylation is 1. The van der Waals surface area contributed by atoms with Crippen LogP contribution in [0.2, 0.25) is 0 Å². The molecule has 0 aromatic heterocycles. The number of hydrogen-bond acceptors (Lipinski definition) is 3. The van der Waals surface area contributed by atoms with Crippen LogP contribution in [0.5, 0.6) is 5.75 Å². The van der Waals surface area contributed by atoms with Gasteiger partial charge in [-0.15, -0.1) is 0 Å². The Morgan fingerprint density at radius 1 is 1.50 bits per heavy atom. The van der Waals surface area contributed by atoms with Crippen molar-refractivity contribution >= 4 is 5.97 Å². The van der Waals surface area contributed by atoms with E-state index in [1.54, 1.807) is 0 Å². The van der Waals surface area contributed by atoms with E-state index in [4.69, 9.17) is 15.6 Å². The molecule has 0 fully saturated rings. The van der Waals surface area contributed by atoms with Crippen molar-refractivity contribution in [1.29, 1.82) is 0 Å². The van der Waals surface area contributed by atoms with Gasteiger partial charge < -0.3 is 15.6 Å². The van der Waals surface area contributed by atoms with Gasteiger partial charge in [0.25, 0.3) is 0 Å². The molecule has 100 valence electrons. The zero-order valence-electron chi connectivity index (χ0n) is 11.0.